The summed E-state index contributed by atoms with van der Waals surface area (Å²) in [4.78, 5) is 24.9. The van der Waals surface area contributed by atoms with Crippen molar-refractivity contribution in [3.63, 3.8) is 0 Å². The lowest BCUT2D eigenvalue weighted by Crippen LogP contribution is -2.31. The van der Waals surface area contributed by atoms with Crippen molar-refractivity contribution >= 4 is 11.9 Å². The summed E-state index contributed by atoms with van der Waals surface area (Å²) in [5.74, 6) is -0.881. The molecule has 5 heteroatoms. The fourth-order valence-corrected chi connectivity index (χ4v) is 3.56. The maximum absolute atomic E-state index is 11.4. The van der Waals surface area contributed by atoms with Crippen LogP contribution in [0.4, 0.5) is 0 Å². The first-order valence-electron chi connectivity index (χ1n) is 8.86. The van der Waals surface area contributed by atoms with E-state index in [2.05, 4.69) is 34.5 Å². The number of hydrogen-bond acceptors (Lipinski definition) is 3. The summed E-state index contributed by atoms with van der Waals surface area (Å²) in [6.45, 7) is 5.93. The summed E-state index contributed by atoms with van der Waals surface area (Å²) in [6.07, 6.45) is 0.759. The van der Waals surface area contributed by atoms with E-state index >= 15 is 0 Å². The summed E-state index contributed by atoms with van der Waals surface area (Å²) in [5.41, 5.74) is 4.79. The lowest BCUT2D eigenvalue weighted by molar-refractivity contribution is -0.119. The largest absolute Gasteiger partial charge is 0.478 e. The number of nitrogens with zero attached hydrogens (tertiary/aromatic N) is 1. The van der Waals surface area contributed by atoms with E-state index in [4.69, 9.17) is 0 Å². The summed E-state index contributed by atoms with van der Waals surface area (Å²) in [6, 6.07) is 13.8. The fourth-order valence-electron chi connectivity index (χ4n) is 3.56. The van der Waals surface area contributed by atoms with Crippen LogP contribution in [0, 0.1) is 0 Å². The Balaban J connectivity index is 1.66. The molecule has 1 atom stereocenters. The van der Waals surface area contributed by atoms with Crippen molar-refractivity contribution in [2.45, 2.75) is 39.4 Å². The molecular formula is C21H24N2O3. The number of nitrogens with one attached hydrogen (secondary N) is 1. The van der Waals surface area contributed by atoms with Crippen LogP contribution in [0.2, 0.25) is 0 Å². The number of fused-ring (bicyclic) bond motifs is 1. The monoisotopic (exact) mass is 352 g/mol. The average Bonchev–Trinajstić information content (AvgIpc) is 2.61. The Kier molecular flexibility index (Phi) is 5.38. The maximum Gasteiger partial charge on any atom is 0.335 e. The standard InChI is InChI=1S/C21H24N2O3/c1-14(22-15(2)24)17-8-6-16(7-9-17)12-23-11-10-19-18(13-23)4-3-5-20(19)21(25)26/h3-9,14H,10-13H2,1-2H3,(H,22,24)(H,25,26)/t14-/m0/s1. The number of aromatic carboxylic acids is 1. The third-order valence-corrected chi connectivity index (χ3v) is 4.88. The topological polar surface area (TPSA) is 69.6 Å². The van der Waals surface area contributed by atoms with Crippen LogP contribution in [0.3, 0.4) is 0 Å². The third-order valence-electron chi connectivity index (χ3n) is 4.88. The van der Waals surface area contributed by atoms with Crippen molar-refractivity contribution in [2.75, 3.05) is 6.54 Å². The molecule has 2 N–H and O–H groups in total. The van der Waals surface area contributed by atoms with E-state index < -0.39 is 5.97 Å². The second-order valence-electron chi connectivity index (χ2n) is 6.87. The molecule has 1 aliphatic heterocycles. The molecule has 0 spiro atoms. The van der Waals surface area contributed by atoms with E-state index in [9.17, 15) is 14.7 Å². The minimum atomic E-state index is -0.848. The molecule has 0 saturated heterocycles. The molecule has 5 nitrogen and oxygen atoms in total. The smallest absolute Gasteiger partial charge is 0.335 e. The van der Waals surface area contributed by atoms with Crippen molar-refractivity contribution in [3.8, 4) is 0 Å². The Morgan fingerprint density at radius 1 is 1.19 bits per heavy atom. The Bertz CT molecular complexity index is 815. The molecule has 0 aliphatic carbocycles. The molecule has 3 rings (SSSR count). The first-order chi connectivity index (χ1) is 12.4. The molecular weight excluding hydrogens is 328 g/mol. The van der Waals surface area contributed by atoms with Gasteiger partial charge in [0.25, 0.3) is 0 Å². The molecule has 1 heterocycles. The van der Waals surface area contributed by atoms with Gasteiger partial charge < -0.3 is 10.4 Å². The second kappa shape index (κ2) is 7.70. The van der Waals surface area contributed by atoms with Gasteiger partial charge in [-0.3, -0.25) is 9.69 Å². The van der Waals surface area contributed by atoms with Crippen LogP contribution in [-0.2, 0) is 24.3 Å². The summed E-state index contributed by atoms with van der Waals surface area (Å²) < 4.78 is 0. The first-order valence-corrected chi connectivity index (χ1v) is 8.86. The lowest BCUT2D eigenvalue weighted by Gasteiger charge is -2.29. The van der Waals surface area contributed by atoms with Gasteiger partial charge in [-0.05, 0) is 41.7 Å². The van der Waals surface area contributed by atoms with Crippen molar-refractivity contribution in [3.05, 3.63) is 70.3 Å². The van der Waals surface area contributed by atoms with Crippen LogP contribution in [0.25, 0.3) is 0 Å². The van der Waals surface area contributed by atoms with Gasteiger partial charge >= 0.3 is 5.97 Å². The quantitative estimate of drug-likeness (QED) is 0.867. The zero-order chi connectivity index (χ0) is 18.7. The van der Waals surface area contributed by atoms with Crippen molar-refractivity contribution in [1.29, 1.82) is 0 Å². The van der Waals surface area contributed by atoms with Crippen molar-refractivity contribution in [1.82, 2.24) is 10.2 Å². The van der Waals surface area contributed by atoms with Gasteiger partial charge in [0, 0.05) is 26.6 Å². The second-order valence-corrected chi connectivity index (χ2v) is 6.87. The Hall–Kier alpha value is -2.66. The van der Waals surface area contributed by atoms with Crippen LogP contribution < -0.4 is 5.32 Å². The molecule has 1 amide bonds. The van der Waals surface area contributed by atoms with Gasteiger partial charge in [0.15, 0.2) is 0 Å². The zero-order valence-corrected chi connectivity index (χ0v) is 15.2. The predicted molar refractivity (Wildman–Crippen MR) is 99.9 cm³/mol. The highest BCUT2D eigenvalue weighted by Gasteiger charge is 2.21. The van der Waals surface area contributed by atoms with Gasteiger partial charge in [-0.25, -0.2) is 4.79 Å². The molecule has 0 aromatic heterocycles. The molecule has 26 heavy (non-hydrogen) atoms. The SMILES string of the molecule is CC(=O)N[C@@H](C)c1ccc(CN2CCc3c(cccc3C(=O)O)C2)cc1. The van der Waals surface area contributed by atoms with Gasteiger partial charge in [-0.15, -0.1) is 0 Å². The molecule has 0 unspecified atom stereocenters. The maximum atomic E-state index is 11.4. The molecule has 0 radical (unpaired) electrons. The fraction of sp³-hybridized carbons (Fsp3) is 0.333. The molecule has 0 fully saturated rings. The van der Waals surface area contributed by atoms with E-state index in [-0.39, 0.29) is 11.9 Å². The minimum absolute atomic E-state index is 0.00199. The molecule has 1 aliphatic rings. The number of carbonyl (C=O) groups excluding carboxylic acids is 1. The van der Waals surface area contributed by atoms with Gasteiger partial charge in [-0.1, -0.05) is 36.4 Å². The predicted octanol–water partition coefficient (Wildman–Crippen LogP) is 3.14. The van der Waals surface area contributed by atoms with E-state index in [0.29, 0.717) is 5.56 Å². The normalized spacial score (nSPS) is 15.2. The van der Waals surface area contributed by atoms with E-state index in [1.807, 2.05) is 19.1 Å². The van der Waals surface area contributed by atoms with E-state index in [1.54, 1.807) is 6.07 Å². The lowest BCUT2D eigenvalue weighted by atomic mass is 9.94. The number of benzene rings is 2. The van der Waals surface area contributed by atoms with E-state index in [1.165, 1.54) is 12.5 Å². The highest BCUT2D eigenvalue weighted by Crippen LogP contribution is 2.24. The number of amides is 1. The Morgan fingerprint density at radius 2 is 1.92 bits per heavy atom. The Morgan fingerprint density at radius 3 is 2.58 bits per heavy atom. The number of rotatable bonds is 5. The van der Waals surface area contributed by atoms with Crippen LogP contribution in [0.5, 0.6) is 0 Å². The van der Waals surface area contributed by atoms with Crippen molar-refractivity contribution in [2.24, 2.45) is 0 Å². The van der Waals surface area contributed by atoms with Gasteiger partial charge in [-0.2, -0.15) is 0 Å². The van der Waals surface area contributed by atoms with Crippen LogP contribution >= 0.6 is 0 Å². The number of carbonyl (C=O) groups is 2. The summed E-state index contributed by atoms with van der Waals surface area (Å²) in [7, 11) is 0. The highest BCUT2D eigenvalue weighted by molar-refractivity contribution is 5.89. The molecule has 2 aromatic carbocycles. The van der Waals surface area contributed by atoms with E-state index in [0.717, 1.165) is 42.7 Å². The summed E-state index contributed by atoms with van der Waals surface area (Å²) >= 11 is 0. The van der Waals surface area contributed by atoms with Crippen molar-refractivity contribution < 1.29 is 14.7 Å². The zero-order valence-electron chi connectivity index (χ0n) is 15.2. The molecule has 136 valence electrons. The van der Waals surface area contributed by atoms with Gasteiger partial charge in [0.2, 0.25) is 5.91 Å². The number of carboxylic acid groups (broad SMARTS) is 1. The number of carboxylic acids is 1. The van der Waals surface area contributed by atoms with Crippen LogP contribution in [0.15, 0.2) is 42.5 Å². The summed E-state index contributed by atoms with van der Waals surface area (Å²) in [5, 5.41) is 12.2. The minimum Gasteiger partial charge on any atom is -0.478 e. The van der Waals surface area contributed by atoms with Crippen LogP contribution in [0.1, 0.15) is 52.5 Å². The Labute approximate surface area is 153 Å². The number of hydrogen-bond donors (Lipinski definition) is 2. The average molecular weight is 352 g/mol. The third kappa shape index (κ3) is 4.11. The molecule has 0 saturated carbocycles. The van der Waals surface area contributed by atoms with Gasteiger partial charge in [0.1, 0.15) is 0 Å². The van der Waals surface area contributed by atoms with Gasteiger partial charge in [0.05, 0.1) is 11.6 Å². The molecule has 2 aromatic rings. The van der Waals surface area contributed by atoms with Crippen LogP contribution in [-0.4, -0.2) is 28.4 Å². The first kappa shape index (κ1) is 18.1. The highest BCUT2D eigenvalue weighted by atomic mass is 16.4. The molecule has 0 bridgehead atoms.